The van der Waals surface area contributed by atoms with Gasteiger partial charge in [-0.25, -0.2) is 4.79 Å². The maximum atomic E-state index is 11.5. The molecule has 0 unspecified atom stereocenters. The van der Waals surface area contributed by atoms with Crippen molar-refractivity contribution in [1.82, 2.24) is 9.97 Å². The smallest absolute Gasteiger partial charge is 0.360 e. The molecule has 0 spiro atoms. The molecule has 1 aliphatic rings. The van der Waals surface area contributed by atoms with Gasteiger partial charge in [-0.05, 0) is 6.92 Å². The van der Waals surface area contributed by atoms with E-state index in [1.54, 1.807) is 6.92 Å². The van der Waals surface area contributed by atoms with Crippen LogP contribution < -0.4 is 0 Å². The molecule has 0 radical (unpaired) electrons. The summed E-state index contributed by atoms with van der Waals surface area (Å²) in [7, 11) is 0. The van der Waals surface area contributed by atoms with Gasteiger partial charge in [-0.15, -0.1) is 0 Å². The van der Waals surface area contributed by atoms with Crippen LogP contribution in [0.2, 0.25) is 0 Å². The third-order valence-electron chi connectivity index (χ3n) is 2.99. The first-order chi connectivity index (χ1) is 9.49. The third kappa shape index (κ3) is 2.48. The summed E-state index contributed by atoms with van der Waals surface area (Å²) in [6.07, 6.45) is -4.68. The highest BCUT2D eigenvalue weighted by atomic mass is 16.6. The zero-order valence-electron chi connectivity index (χ0n) is 10.7. The molecule has 5 N–H and O–H groups in total. The van der Waals surface area contributed by atoms with E-state index in [1.807, 2.05) is 0 Å². The number of ether oxygens (including phenoxy) is 2. The van der Waals surface area contributed by atoms with Gasteiger partial charge in [0.25, 0.3) is 0 Å². The number of nitrogens with one attached hydrogen (secondary N) is 1. The van der Waals surface area contributed by atoms with Crippen LogP contribution in [0.1, 0.15) is 29.3 Å². The zero-order chi connectivity index (χ0) is 14.9. The van der Waals surface area contributed by atoms with Crippen molar-refractivity contribution in [2.75, 3.05) is 13.2 Å². The first kappa shape index (κ1) is 14.7. The molecular formula is C11H16N2O7. The number of hydrogen-bond donors (Lipinski definition) is 5. The van der Waals surface area contributed by atoms with Crippen LogP contribution in [0.25, 0.3) is 0 Å². The summed E-state index contributed by atoms with van der Waals surface area (Å²) >= 11 is 0. The predicted molar refractivity (Wildman–Crippen MR) is 62.9 cm³/mol. The minimum atomic E-state index is -1.34. The third-order valence-corrected chi connectivity index (χ3v) is 2.99. The van der Waals surface area contributed by atoms with E-state index in [0.29, 0.717) is 0 Å². The summed E-state index contributed by atoms with van der Waals surface area (Å²) in [5.74, 6) is -1.42. The number of imidazole rings is 1. The molecule has 9 nitrogen and oxygen atoms in total. The molecule has 1 aromatic rings. The van der Waals surface area contributed by atoms with Gasteiger partial charge in [0, 0.05) is 0 Å². The molecule has 4 atom stereocenters. The predicted octanol–water partition coefficient (Wildman–Crippen LogP) is -1.55. The van der Waals surface area contributed by atoms with E-state index in [1.165, 1.54) is 0 Å². The summed E-state index contributed by atoms with van der Waals surface area (Å²) in [4.78, 5) is 17.7. The van der Waals surface area contributed by atoms with Crippen molar-refractivity contribution in [2.24, 2.45) is 0 Å². The number of nitrogens with zero attached hydrogens (tertiary/aromatic N) is 1. The van der Waals surface area contributed by atoms with Crippen LogP contribution in [0.5, 0.6) is 5.88 Å². The van der Waals surface area contributed by atoms with E-state index in [2.05, 4.69) is 9.97 Å². The van der Waals surface area contributed by atoms with Crippen LogP contribution in [0.3, 0.4) is 0 Å². The number of H-pyrrole nitrogens is 1. The lowest BCUT2D eigenvalue weighted by molar-refractivity contribution is -0.0251. The molecule has 2 heterocycles. The fourth-order valence-electron chi connectivity index (χ4n) is 1.99. The number of aromatic hydroxyl groups is 1. The van der Waals surface area contributed by atoms with Crippen LogP contribution in [0.4, 0.5) is 0 Å². The Balaban J connectivity index is 2.22. The Morgan fingerprint density at radius 3 is 2.70 bits per heavy atom. The Hall–Kier alpha value is -1.68. The quantitative estimate of drug-likeness (QED) is 0.418. The molecule has 2 rings (SSSR count). The summed E-state index contributed by atoms with van der Waals surface area (Å²) in [6, 6.07) is 0. The average Bonchev–Trinajstić information content (AvgIpc) is 2.92. The van der Waals surface area contributed by atoms with Crippen LogP contribution >= 0.6 is 0 Å². The summed E-state index contributed by atoms with van der Waals surface area (Å²) in [5.41, 5.74) is -0.264. The number of esters is 1. The van der Waals surface area contributed by atoms with Gasteiger partial charge in [-0.1, -0.05) is 0 Å². The first-order valence-corrected chi connectivity index (χ1v) is 6.08. The number of aliphatic hydroxyl groups is 3. The van der Waals surface area contributed by atoms with Gasteiger partial charge in [0.15, 0.2) is 5.69 Å². The lowest BCUT2D eigenvalue weighted by atomic mass is 10.1. The van der Waals surface area contributed by atoms with Crippen molar-refractivity contribution >= 4 is 5.97 Å². The van der Waals surface area contributed by atoms with Gasteiger partial charge in [-0.3, -0.25) is 0 Å². The second-order valence-electron chi connectivity index (χ2n) is 4.30. The number of rotatable bonds is 4. The molecule has 1 fully saturated rings. The van der Waals surface area contributed by atoms with Crippen molar-refractivity contribution in [1.29, 1.82) is 0 Å². The van der Waals surface area contributed by atoms with E-state index < -0.39 is 42.9 Å². The van der Waals surface area contributed by atoms with E-state index in [9.17, 15) is 20.1 Å². The molecule has 112 valence electrons. The number of aromatic amines is 1. The molecule has 0 aliphatic carbocycles. The van der Waals surface area contributed by atoms with Gasteiger partial charge >= 0.3 is 5.97 Å². The number of aromatic nitrogens is 2. The number of carbonyl (C=O) groups excluding carboxylic acids is 1. The van der Waals surface area contributed by atoms with Gasteiger partial charge in [-0.2, -0.15) is 4.98 Å². The Bertz CT molecular complexity index is 489. The highest BCUT2D eigenvalue weighted by molar-refractivity contribution is 5.89. The lowest BCUT2D eigenvalue weighted by Gasteiger charge is -2.11. The highest BCUT2D eigenvalue weighted by Crippen LogP contribution is 2.33. The molecule has 1 aliphatic heterocycles. The van der Waals surface area contributed by atoms with Crippen molar-refractivity contribution < 1.29 is 34.7 Å². The van der Waals surface area contributed by atoms with Crippen LogP contribution in [0, 0.1) is 0 Å². The summed E-state index contributed by atoms with van der Waals surface area (Å²) in [6.45, 7) is 1.25. The topological polar surface area (TPSA) is 145 Å². The first-order valence-electron chi connectivity index (χ1n) is 6.08. The molecule has 0 bridgehead atoms. The van der Waals surface area contributed by atoms with Crippen molar-refractivity contribution in [2.45, 2.75) is 31.3 Å². The SMILES string of the molecule is CCOC(=O)c1[nH]c([C@@H]2O[C@H](CO)[C@@H](O)[C@H]2O)nc1O. The summed E-state index contributed by atoms with van der Waals surface area (Å²) < 4.78 is 9.93. The van der Waals surface area contributed by atoms with Gasteiger partial charge < -0.3 is 34.9 Å². The van der Waals surface area contributed by atoms with Crippen molar-refractivity contribution in [3.8, 4) is 5.88 Å². The minimum absolute atomic E-state index is 0.0342. The minimum Gasteiger partial charge on any atom is -0.492 e. The van der Waals surface area contributed by atoms with E-state index in [-0.39, 0.29) is 18.1 Å². The maximum Gasteiger partial charge on any atom is 0.360 e. The fraction of sp³-hybridized carbons (Fsp3) is 0.636. The molecule has 20 heavy (non-hydrogen) atoms. The Morgan fingerprint density at radius 1 is 1.45 bits per heavy atom. The van der Waals surface area contributed by atoms with E-state index in [4.69, 9.17) is 14.6 Å². The Morgan fingerprint density at radius 2 is 2.15 bits per heavy atom. The number of hydrogen-bond acceptors (Lipinski definition) is 8. The zero-order valence-corrected chi connectivity index (χ0v) is 10.7. The van der Waals surface area contributed by atoms with Gasteiger partial charge in [0.05, 0.1) is 13.2 Å². The number of aliphatic hydroxyl groups excluding tert-OH is 3. The fourth-order valence-corrected chi connectivity index (χ4v) is 1.99. The molecule has 1 saturated heterocycles. The van der Waals surface area contributed by atoms with Crippen molar-refractivity contribution in [3.63, 3.8) is 0 Å². The number of carbonyl (C=O) groups is 1. The average molecular weight is 288 g/mol. The molecule has 0 aromatic carbocycles. The van der Waals surface area contributed by atoms with E-state index >= 15 is 0 Å². The lowest BCUT2D eigenvalue weighted by Crippen LogP contribution is -2.32. The molecule has 0 amide bonds. The van der Waals surface area contributed by atoms with Crippen molar-refractivity contribution in [3.05, 3.63) is 11.5 Å². The Kier molecular flexibility index (Phi) is 4.23. The standard InChI is InChI=1S/C11H16N2O7/c1-2-19-11(18)5-10(17)13-9(12-5)8-7(16)6(15)4(3-14)20-8/h4,6-8,14-17H,2-3H2,1H3,(H,12,13)/t4-,6-,7-,8-/m1/s1. The van der Waals surface area contributed by atoms with E-state index in [0.717, 1.165) is 0 Å². The molecule has 0 saturated carbocycles. The van der Waals surface area contributed by atoms with Gasteiger partial charge in [0.1, 0.15) is 30.2 Å². The van der Waals surface area contributed by atoms with Crippen LogP contribution in [-0.4, -0.2) is 67.9 Å². The summed E-state index contributed by atoms with van der Waals surface area (Å²) in [5, 5.41) is 38.0. The normalized spacial score (nSPS) is 29.6. The molecular weight excluding hydrogens is 272 g/mol. The largest absolute Gasteiger partial charge is 0.492 e. The highest BCUT2D eigenvalue weighted by Gasteiger charge is 2.45. The van der Waals surface area contributed by atoms with Crippen LogP contribution in [-0.2, 0) is 9.47 Å². The second kappa shape index (κ2) is 5.75. The Labute approximate surface area is 113 Å². The monoisotopic (exact) mass is 288 g/mol. The van der Waals surface area contributed by atoms with Gasteiger partial charge in [0.2, 0.25) is 5.88 Å². The maximum absolute atomic E-state index is 11.5. The second-order valence-corrected chi connectivity index (χ2v) is 4.30. The molecule has 9 heteroatoms. The molecule has 1 aromatic heterocycles. The van der Waals surface area contributed by atoms with Crippen LogP contribution in [0.15, 0.2) is 0 Å².